The fraction of sp³-hybridized carbons (Fsp3) is 0.538. The van der Waals surface area contributed by atoms with E-state index in [1.807, 2.05) is 12.1 Å². The first-order valence-corrected chi connectivity index (χ1v) is 5.39. The second kappa shape index (κ2) is 5.64. The molecule has 0 radical (unpaired) electrons. The molecule has 0 N–H and O–H groups in total. The number of rotatable bonds is 5. The van der Waals surface area contributed by atoms with Crippen LogP contribution in [0.2, 0.25) is 0 Å². The smallest absolute Gasteiger partial charge is 0.163 e. The van der Waals surface area contributed by atoms with Gasteiger partial charge in [-0.15, -0.1) is 0 Å². The van der Waals surface area contributed by atoms with Crippen LogP contribution < -0.4 is 9.47 Å². The van der Waals surface area contributed by atoms with Crippen LogP contribution >= 0.6 is 0 Å². The van der Waals surface area contributed by atoms with Crippen LogP contribution in [0.25, 0.3) is 0 Å². The highest BCUT2D eigenvalue weighted by atomic mass is 16.5. The van der Waals surface area contributed by atoms with E-state index in [1.54, 1.807) is 14.2 Å². The number of ether oxygens (including phenoxy) is 2. The summed E-state index contributed by atoms with van der Waals surface area (Å²) in [5, 5.41) is 0. The molecule has 0 heterocycles. The van der Waals surface area contributed by atoms with Gasteiger partial charge in [-0.1, -0.05) is 26.0 Å². The minimum absolute atomic E-state index is 0.709. The van der Waals surface area contributed by atoms with E-state index in [2.05, 4.69) is 19.9 Å². The van der Waals surface area contributed by atoms with Crippen molar-refractivity contribution >= 4 is 0 Å². The molecular formula is C13H20O2. The van der Waals surface area contributed by atoms with Crippen molar-refractivity contribution < 1.29 is 9.47 Å². The van der Waals surface area contributed by atoms with Crippen molar-refractivity contribution in [3.63, 3.8) is 0 Å². The lowest BCUT2D eigenvalue weighted by molar-refractivity contribution is 0.351. The molecule has 84 valence electrons. The Kier molecular flexibility index (Phi) is 4.47. The third-order valence-corrected chi connectivity index (χ3v) is 2.48. The highest BCUT2D eigenvalue weighted by molar-refractivity contribution is 5.46. The first-order valence-electron chi connectivity index (χ1n) is 5.39. The number of methoxy groups -OCH3 is 2. The summed E-state index contributed by atoms with van der Waals surface area (Å²) in [7, 11) is 3.36. The van der Waals surface area contributed by atoms with Gasteiger partial charge in [0.05, 0.1) is 14.2 Å². The molecular weight excluding hydrogens is 188 g/mol. The number of para-hydroxylation sites is 1. The Morgan fingerprint density at radius 3 is 2.40 bits per heavy atom. The standard InChI is InChI=1S/C13H20O2/c1-10(2)8-9-11-6-5-7-12(14-3)13(11)15-4/h5-7,10H,8-9H2,1-4H3. The summed E-state index contributed by atoms with van der Waals surface area (Å²) >= 11 is 0. The van der Waals surface area contributed by atoms with E-state index in [0.717, 1.165) is 17.9 Å². The highest BCUT2D eigenvalue weighted by Crippen LogP contribution is 2.31. The predicted octanol–water partition coefficient (Wildman–Crippen LogP) is 3.29. The van der Waals surface area contributed by atoms with Crippen molar-refractivity contribution in [1.29, 1.82) is 0 Å². The first-order chi connectivity index (χ1) is 7.19. The molecule has 0 fully saturated rings. The monoisotopic (exact) mass is 208 g/mol. The van der Waals surface area contributed by atoms with Crippen LogP contribution in [-0.4, -0.2) is 14.2 Å². The number of benzene rings is 1. The van der Waals surface area contributed by atoms with Crippen molar-refractivity contribution in [2.75, 3.05) is 14.2 Å². The largest absolute Gasteiger partial charge is 0.493 e. The highest BCUT2D eigenvalue weighted by Gasteiger charge is 2.09. The molecule has 0 atom stereocenters. The number of hydrogen-bond donors (Lipinski definition) is 0. The van der Waals surface area contributed by atoms with Crippen molar-refractivity contribution in [2.45, 2.75) is 26.7 Å². The van der Waals surface area contributed by atoms with Gasteiger partial charge in [-0.3, -0.25) is 0 Å². The van der Waals surface area contributed by atoms with E-state index < -0.39 is 0 Å². The van der Waals surface area contributed by atoms with E-state index in [-0.39, 0.29) is 0 Å². The molecule has 15 heavy (non-hydrogen) atoms. The maximum absolute atomic E-state index is 5.37. The third-order valence-electron chi connectivity index (χ3n) is 2.48. The molecule has 1 rings (SSSR count). The Morgan fingerprint density at radius 2 is 1.87 bits per heavy atom. The maximum Gasteiger partial charge on any atom is 0.163 e. The van der Waals surface area contributed by atoms with Gasteiger partial charge in [0.2, 0.25) is 0 Å². The second-order valence-corrected chi connectivity index (χ2v) is 4.09. The summed E-state index contributed by atoms with van der Waals surface area (Å²) in [6, 6.07) is 6.04. The molecule has 0 saturated heterocycles. The SMILES string of the molecule is COc1cccc(CCC(C)C)c1OC. The molecule has 0 spiro atoms. The summed E-state index contributed by atoms with van der Waals surface area (Å²) in [6.07, 6.45) is 2.21. The second-order valence-electron chi connectivity index (χ2n) is 4.09. The summed E-state index contributed by atoms with van der Waals surface area (Å²) < 4.78 is 10.6. The van der Waals surface area contributed by atoms with Crippen LogP contribution in [0.5, 0.6) is 11.5 Å². The Balaban J connectivity index is 2.86. The van der Waals surface area contributed by atoms with Gasteiger partial charge in [0.25, 0.3) is 0 Å². The quantitative estimate of drug-likeness (QED) is 0.739. The molecule has 0 aliphatic carbocycles. The topological polar surface area (TPSA) is 18.5 Å². The molecule has 1 aromatic carbocycles. The van der Waals surface area contributed by atoms with Gasteiger partial charge in [-0.25, -0.2) is 0 Å². The fourth-order valence-electron chi connectivity index (χ4n) is 1.59. The molecule has 0 saturated carbocycles. The summed E-state index contributed by atoms with van der Waals surface area (Å²) in [5.41, 5.74) is 1.23. The van der Waals surface area contributed by atoms with Gasteiger partial charge in [0.15, 0.2) is 11.5 Å². The van der Waals surface area contributed by atoms with Crippen LogP contribution in [0, 0.1) is 5.92 Å². The Morgan fingerprint density at radius 1 is 1.13 bits per heavy atom. The van der Waals surface area contributed by atoms with E-state index in [0.29, 0.717) is 5.92 Å². The third kappa shape index (κ3) is 3.15. The lowest BCUT2D eigenvalue weighted by Gasteiger charge is -2.13. The van der Waals surface area contributed by atoms with Gasteiger partial charge in [-0.05, 0) is 30.4 Å². The zero-order valence-corrected chi connectivity index (χ0v) is 10.0. The average Bonchev–Trinajstić information content (AvgIpc) is 2.25. The van der Waals surface area contributed by atoms with E-state index in [1.165, 1.54) is 12.0 Å². The minimum atomic E-state index is 0.709. The summed E-state index contributed by atoms with van der Waals surface area (Å²) in [5.74, 6) is 2.40. The molecule has 0 aliphatic rings. The van der Waals surface area contributed by atoms with Crippen molar-refractivity contribution in [2.24, 2.45) is 5.92 Å². The summed E-state index contributed by atoms with van der Waals surface area (Å²) in [4.78, 5) is 0. The maximum atomic E-state index is 5.37. The first kappa shape index (κ1) is 11.9. The number of hydrogen-bond acceptors (Lipinski definition) is 2. The number of aryl methyl sites for hydroxylation is 1. The van der Waals surface area contributed by atoms with Gasteiger partial charge < -0.3 is 9.47 Å². The van der Waals surface area contributed by atoms with Crippen LogP contribution in [0.15, 0.2) is 18.2 Å². The Bertz CT molecular complexity index is 305. The van der Waals surface area contributed by atoms with Crippen molar-refractivity contribution in [3.8, 4) is 11.5 Å². The van der Waals surface area contributed by atoms with Crippen LogP contribution in [0.1, 0.15) is 25.8 Å². The molecule has 2 nitrogen and oxygen atoms in total. The summed E-state index contributed by atoms with van der Waals surface area (Å²) in [6.45, 7) is 4.46. The lowest BCUT2D eigenvalue weighted by Crippen LogP contribution is -1.98. The zero-order valence-electron chi connectivity index (χ0n) is 10.0. The van der Waals surface area contributed by atoms with Gasteiger partial charge >= 0.3 is 0 Å². The van der Waals surface area contributed by atoms with Crippen LogP contribution in [0.4, 0.5) is 0 Å². The van der Waals surface area contributed by atoms with Crippen LogP contribution in [-0.2, 0) is 6.42 Å². The Labute approximate surface area is 92.2 Å². The molecule has 0 aromatic heterocycles. The predicted molar refractivity (Wildman–Crippen MR) is 62.7 cm³/mol. The normalized spacial score (nSPS) is 10.5. The van der Waals surface area contributed by atoms with Crippen LogP contribution in [0.3, 0.4) is 0 Å². The van der Waals surface area contributed by atoms with E-state index in [9.17, 15) is 0 Å². The molecule has 0 aliphatic heterocycles. The van der Waals surface area contributed by atoms with Gasteiger partial charge in [-0.2, -0.15) is 0 Å². The van der Waals surface area contributed by atoms with Crippen molar-refractivity contribution in [3.05, 3.63) is 23.8 Å². The van der Waals surface area contributed by atoms with E-state index in [4.69, 9.17) is 9.47 Å². The lowest BCUT2D eigenvalue weighted by atomic mass is 10.0. The zero-order chi connectivity index (χ0) is 11.3. The molecule has 0 amide bonds. The molecule has 2 heteroatoms. The molecule has 0 unspecified atom stereocenters. The Hall–Kier alpha value is -1.18. The van der Waals surface area contributed by atoms with Gasteiger partial charge in [0.1, 0.15) is 0 Å². The molecule has 0 bridgehead atoms. The van der Waals surface area contributed by atoms with E-state index >= 15 is 0 Å². The van der Waals surface area contributed by atoms with Crippen molar-refractivity contribution in [1.82, 2.24) is 0 Å². The minimum Gasteiger partial charge on any atom is -0.493 e. The average molecular weight is 208 g/mol. The molecule has 1 aromatic rings. The van der Waals surface area contributed by atoms with Gasteiger partial charge in [0, 0.05) is 0 Å². The fourth-order valence-corrected chi connectivity index (χ4v) is 1.59.